The minimum atomic E-state index is -0.645. The molecule has 2 heterocycles. The second-order valence-corrected chi connectivity index (χ2v) is 8.21. The van der Waals surface area contributed by atoms with E-state index in [1.165, 1.54) is 0 Å². The molecule has 0 fully saturated rings. The average molecular weight is 459 g/mol. The molecule has 1 N–H and O–H groups in total. The van der Waals surface area contributed by atoms with Gasteiger partial charge >= 0.3 is 0 Å². The summed E-state index contributed by atoms with van der Waals surface area (Å²) in [4.78, 5) is 7.85. The van der Waals surface area contributed by atoms with Gasteiger partial charge in [-0.15, -0.1) is 6.58 Å². The zero-order chi connectivity index (χ0) is 22.3. The lowest BCUT2D eigenvalue weighted by atomic mass is 10.0. The van der Waals surface area contributed by atoms with Crippen molar-refractivity contribution in [3.8, 4) is 11.5 Å². The third-order valence-corrected chi connectivity index (χ3v) is 5.64. The van der Waals surface area contributed by atoms with Crippen molar-refractivity contribution in [2.24, 2.45) is 5.16 Å². The Labute approximate surface area is 192 Å². The maximum Gasteiger partial charge on any atom is 0.231 e. The standard InChI is InChI=1S/C24H27ClN2O5/c1-2-9-29-15-19(28)13-27(12-18-5-3-4-6-21(18)25)14-20-11-22(26-32-20)17-7-8-23-24(10-17)31-16-30-23/h2-8,10,19-20,28H,1,9,11-16H2/t19-,20-/m0/s1. The van der Waals surface area contributed by atoms with E-state index in [2.05, 4.69) is 16.6 Å². The molecule has 0 aromatic heterocycles. The van der Waals surface area contributed by atoms with Crippen LogP contribution in [0.4, 0.5) is 0 Å². The lowest BCUT2D eigenvalue weighted by Crippen LogP contribution is -2.39. The molecule has 170 valence electrons. The normalized spacial score (nSPS) is 17.8. The van der Waals surface area contributed by atoms with Gasteiger partial charge in [0.15, 0.2) is 11.5 Å². The first-order valence-corrected chi connectivity index (χ1v) is 11.0. The van der Waals surface area contributed by atoms with Gasteiger partial charge < -0.3 is 24.2 Å². The van der Waals surface area contributed by atoms with E-state index in [1.54, 1.807) is 6.08 Å². The molecular weight excluding hydrogens is 432 g/mol. The van der Waals surface area contributed by atoms with Crippen molar-refractivity contribution in [1.82, 2.24) is 4.90 Å². The van der Waals surface area contributed by atoms with Gasteiger partial charge in [0.05, 0.1) is 25.0 Å². The highest BCUT2D eigenvalue weighted by Gasteiger charge is 2.27. The summed E-state index contributed by atoms with van der Waals surface area (Å²) in [7, 11) is 0. The van der Waals surface area contributed by atoms with Crippen LogP contribution in [0.1, 0.15) is 17.5 Å². The van der Waals surface area contributed by atoms with Gasteiger partial charge in [0, 0.05) is 36.6 Å². The van der Waals surface area contributed by atoms with Crippen LogP contribution >= 0.6 is 11.6 Å². The summed E-state index contributed by atoms with van der Waals surface area (Å²) in [6, 6.07) is 13.5. The van der Waals surface area contributed by atoms with Crippen LogP contribution in [0.15, 0.2) is 60.3 Å². The SMILES string of the molecule is C=CCOC[C@@H](O)CN(Cc1ccccc1Cl)C[C@@H]1CC(c2ccc3c(c2)OCO3)=NO1. The Hall–Kier alpha value is -2.58. The zero-order valence-corrected chi connectivity index (χ0v) is 18.5. The number of ether oxygens (including phenoxy) is 3. The van der Waals surface area contributed by atoms with Crippen LogP contribution in [0.5, 0.6) is 11.5 Å². The zero-order valence-electron chi connectivity index (χ0n) is 17.8. The third-order valence-electron chi connectivity index (χ3n) is 5.27. The molecule has 4 rings (SSSR count). The summed E-state index contributed by atoms with van der Waals surface area (Å²) in [6.07, 6.45) is 1.53. The van der Waals surface area contributed by atoms with Gasteiger partial charge in [-0.25, -0.2) is 0 Å². The molecule has 2 aromatic carbocycles. The summed E-state index contributed by atoms with van der Waals surface area (Å²) in [6.45, 7) is 6.08. The van der Waals surface area contributed by atoms with E-state index in [4.69, 9.17) is 30.6 Å². The van der Waals surface area contributed by atoms with Gasteiger partial charge in [-0.3, -0.25) is 4.90 Å². The van der Waals surface area contributed by atoms with Crippen LogP contribution < -0.4 is 9.47 Å². The highest BCUT2D eigenvalue weighted by Crippen LogP contribution is 2.33. The number of fused-ring (bicyclic) bond motifs is 1. The first-order chi connectivity index (χ1) is 15.6. The lowest BCUT2D eigenvalue weighted by Gasteiger charge is -2.27. The highest BCUT2D eigenvalue weighted by atomic mass is 35.5. The van der Waals surface area contributed by atoms with Crippen LogP contribution in [0.25, 0.3) is 0 Å². The minimum absolute atomic E-state index is 0.140. The number of nitrogens with zero attached hydrogens (tertiary/aromatic N) is 2. The van der Waals surface area contributed by atoms with Crippen molar-refractivity contribution in [3.63, 3.8) is 0 Å². The summed E-state index contributed by atoms with van der Waals surface area (Å²) in [5.74, 6) is 1.46. The number of oxime groups is 1. The van der Waals surface area contributed by atoms with E-state index in [0.29, 0.717) is 37.7 Å². The van der Waals surface area contributed by atoms with Crippen LogP contribution in [-0.4, -0.2) is 61.0 Å². The molecule has 32 heavy (non-hydrogen) atoms. The number of hydrogen-bond donors (Lipinski definition) is 1. The van der Waals surface area contributed by atoms with E-state index < -0.39 is 6.10 Å². The van der Waals surface area contributed by atoms with Crippen molar-refractivity contribution in [1.29, 1.82) is 0 Å². The smallest absolute Gasteiger partial charge is 0.231 e. The summed E-state index contributed by atoms with van der Waals surface area (Å²) in [5.41, 5.74) is 2.80. The number of aliphatic hydroxyl groups is 1. The first-order valence-electron chi connectivity index (χ1n) is 10.6. The van der Waals surface area contributed by atoms with Gasteiger partial charge in [-0.2, -0.15) is 0 Å². The second kappa shape index (κ2) is 10.8. The quantitative estimate of drug-likeness (QED) is 0.409. The van der Waals surface area contributed by atoms with Gasteiger partial charge in [0.2, 0.25) is 6.79 Å². The molecule has 0 radical (unpaired) electrons. The fourth-order valence-corrected chi connectivity index (χ4v) is 3.97. The molecule has 2 aliphatic rings. The Bertz CT molecular complexity index is 967. The van der Waals surface area contributed by atoms with Crippen molar-refractivity contribution < 1.29 is 24.2 Å². The summed E-state index contributed by atoms with van der Waals surface area (Å²) in [5, 5.41) is 15.5. The molecule has 0 spiro atoms. The topological polar surface area (TPSA) is 72.8 Å². The Balaban J connectivity index is 1.39. The van der Waals surface area contributed by atoms with Crippen LogP contribution in [0.3, 0.4) is 0 Å². The number of aliphatic hydroxyl groups excluding tert-OH is 1. The van der Waals surface area contributed by atoms with Gasteiger partial charge in [0.25, 0.3) is 0 Å². The summed E-state index contributed by atoms with van der Waals surface area (Å²) < 4.78 is 16.2. The maximum atomic E-state index is 10.5. The molecule has 2 atom stereocenters. The Morgan fingerprint density at radius 3 is 2.94 bits per heavy atom. The maximum absolute atomic E-state index is 10.5. The predicted molar refractivity (Wildman–Crippen MR) is 122 cm³/mol. The van der Waals surface area contributed by atoms with Crippen molar-refractivity contribution in [2.75, 3.05) is 33.1 Å². The van der Waals surface area contributed by atoms with E-state index in [-0.39, 0.29) is 19.5 Å². The average Bonchev–Trinajstić information content (AvgIpc) is 3.44. The van der Waals surface area contributed by atoms with Gasteiger partial charge in [0.1, 0.15) is 6.10 Å². The molecule has 0 bridgehead atoms. The lowest BCUT2D eigenvalue weighted by molar-refractivity contribution is 0.00337. The largest absolute Gasteiger partial charge is 0.454 e. The van der Waals surface area contributed by atoms with Gasteiger partial charge in [-0.05, 0) is 29.8 Å². The molecule has 0 saturated heterocycles. The van der Waals surface area contributed by atoms with Crippen LogP contribution in [0, 0.1) is 0 Å². The minimum Gasteiger partial charge on any atom is -0.454 e. The van der Waals surface area contributed by atoms with Crippen LogP contribution in [0.2, 0.25) is 5.02 Å². The van der Waals surface area contributed by atoms with E-state index in [1.807, 2.05) is 42.5 Å². The second-order valence-electron chi connectivity index (χ2n) is 7.80. The number of rotatable bonds is 11. The molecule has 0 unspecified atom stereocenters. The number of hydrogen-bond acceptors (Lipinski definition) is 7. The van der Waals surface area contributed by atoms with E-state index >= 15 is 0 Å². The van der Waals surface area contributed by atoms with Crippen molar-refractivity contribution >= 4 is 17.3 Å². The van der Waals surface area contributed by atoms with E-state index in [9.17, 15) is 5.11 Å². The molecule has 0 aliphatic carbocycles. The van der Waals surface area contributed by atoms with E-state index in [0.717, 1.165) is 28.3 Å². The van der Waals surface area contributed by atoms with Crippen LogP contribution in [-0.2, 0) is 16.1 Å². The Morgan fingerprint density at radius 1 is 1.25 bits per heavy atom. The fourth-order valence-electron chi connectivity index (χ4n) is 3.77. The summed E-state index contributed by atoms with van der Waals surface area (Å²) >= 11 is 6.37. The highest BCUT2D eigenvalue weighted by molar-refractivity contribution is 6.31. The van der Waals surface area contributed by atoms with Crippen molar-refractivity contribution in [3.05, 3.63) is 71.3 Å². The Morgan fingerprint density at radius 2 is 2.09 bits per heavy atom. The molecule has 0 amide bonds. The first kappa shape index (κ1) is 22.6. The molecule has 2 aromatic rings. The molecule has 0 saturated carbocycles. The number of halogens is 1. The van der Waals surface area contributed by atoms with Crippen molar-refractivity contribution in [2.45, 2.75) is 25.2 Å². The monoisotopic (exact) mass is 458 g/mol. The number of benzene rings is 2. The molecule has 7 nitrogen and oxygen atoms in total. The molecule has 8 heteroatoms. The Kier molecular flexibility index (Phi) is 7.65. The third kappa shape index (κ3) is 5.81. The molecular formula is C24H27ClN2O5. The molecule has 2 aliphatic heterocycles. The fraction of sp³-hybridized carbons (Fsp3) is 0.375. The predicted octanol–water partition coefficient (Wildman–Crippen LogP) is 3.63. The van der Waals surface area contributed by atoms with Gasteiger partial charge in [-0.1, -0.05) is 41.0 Å².